The number of carbonyl (C=O) groups excluding carboxylic acids is 3. The molecule has 31 heavy (non-hydrogen) atoms. The highest BCUT2D eigenvalue weighted by molar-refractivity contribution is 6.39. The highest BCUT2D eigenvalue weighted by Crippen LogP contribution is 2.18. The first kappa shape index (κ1) is 22.1. The Morgan fingerprint density at radius 2 is 1.81 bits per heavy atom. The van der Waals surface area contributed by atoms with Crippen LogP contribution in [0.4, 0.5) is 11.4 Å². The second kappa shape index (κ2) is 10.5. The smallest absolute Gasteiger partial charge is 0.313 e. The van der Waals surface area contributed by atoms with E-state index in [1.54, 1.807) is 41.5 Å². The van der Waals surface area contributed by atoms with Gasteiger partial charge in [-0.2, -0.15) is 0 Å². The number of amides is 3. The van der Waals surface area contributed by atoms with Gasteiger partial charge in [0, 0.05) is 51.2 Å². The molecule has 2 N–H and O–H groups in total. The first-order valence-electron chi connectivity index (χ1n) is 10.3. The Labute approximate surface area is 181 Å². The molecule has 3 amide bonds. The summed E-state index contributed by atoms with van der Waals surface area (Å²) >= 11 is 0. The van der Waals surface area contributed by atoms with Crippen molar-refractivity contribution in [3.05, 3.63) is 54.5 Å². The van der Waals surface area contributed by atoms with Gasteiger partial charge in [-0.05, 0) is 61.2 Å². The van der Waals surface area contributed by atoms with Gasteiger partial charge in [0.05, 0.1) is 6.26 Å². The minimum Gasteiger partial charge on any atom is -0.465 e. The Morgan fingerprint density at radius 3 is 2.42 bits per heavy atom. The molecule has 1 fully saturated rings. The summed E-state index contributed by atoms with van der Waals surface area (Å²) in [6, 6.07) is 10.8. The van der Waals surface area contributed by atoms with Crippen molar-refractivity contribution in [3.63, 3.8) is 0 Å². The van der Waals surface area contributed by atoms with Crippen LogP contribution in [0.25, 0.3) is 6.08 Å². The molecule has 0 radical (unpaired) electrons. The molecule has 8 heteroatoms. The predicted molar refractivity (Wildman–Crippen MR) is 119 cm³/mol. The lowest BCUT2D eigenvalue weighted by atomic mass is 9.96. The topological polar surface area (TPSA) is 94.9 Å². The van der Waals surface area contributed by atoms with Crippen molar-refractivity contribution in [2.45, 2.75) is 12.8 Å². The number of nitrogens with zero attached hydrogens (tertiary/aromatic N) is 2. The monoisotopic (exact) mass is 424 g/mol. The van der Waals surface area contributed by atoms with E-state index in [1.807, 2.05) is 31.1 Å². The third kappa shape index (κ3) is 6.47. The highest BCUT2D eigenvalue weighted by atomic mass is 16.3. The van der Waals surface area contributed by atoms with Crippen molar-refractivity contribution in [3.8, 4) is 0 Å². The quantitative estimate of drug-likeness (QED) is 0.548. The van der Waals surface area contributed by atoms with E-state index >= 15 is 0 Å². The van der Waals surface area contributed by atoms with Gasteiger partial charge in [-0.3, -0.25) is 14.4 Å². The number of likely N-dealkylation sites (tertiary alicyclic amines) is 1. The third-order valence-corrected chi connectivity index (χ3v) is 5.26. The van der Waals surface area contributed by atoms with Crippen LogP contribution < -0.4 is 15.5 Å². The van der Waals surface area contributed by atoms with Crippen LogP contribution in [0.3, 0.4) is 0 Å². The van der Waals surface area contributed by atoms with E-state index < -0.39 is 11.8 Å². The van der Waals surface area contributed by atoms with Gasteiger partial charge >= 0.3 is 11.8 Å². The fraction of sp³-hybridized carbons (Fsp3) is 0.348. The van der Waals surface area contributed by atoms with Gasteiger partial charge in [-0.15, -0.1) is 0 Å². The largest absolute Gasteiger partial charge is 0.465 e. The number of hydrogen-bond donors (Lipinski definition) is 2. The van der Waals surface area contributed by atoms with E-state index in [2.05, 4.69) is 10.6 Å². The molecule has 0 unspecified atom stereocenters. The summed E-state index contributed by atoms with van der Waals surface area (Å²) in [6.45, 7) is 1.65. The summed E-state index contributed by atoms with van der Waals surface area (Å²) in [5.41, 5.74) is 1.57. The molecule has 0 spiro atoms. The van der Waals surface area contributed by atoms with E-state index in [-0.39, 0.29) is 11.8 Å². The molecule has 8 nitrogen and oxygen atoms in total. The number of benzene rings is 1. The second-order valence-corrected chi connectivity index (χ2v) is 7.72. The van der Waals surface area contributed by atoms with Crippen LogP contribution in [-0.2, 0) is 14.4 Å². The summed E-state index contributed by atoms with van der Waals surface area (Å²) in [7, 11) is 3.86. The highest BCUT2D eigenvalue weighted by Gasteiger charge is 2.23. The number of piperidine rings is 1. The standard InChI is InChI=1S/C23H28N4O4/c1-26(2)19-7-5-18(6-8-19)25-23(30)22(29)24-16-17-11-13-27(14-12-17)21(28)10-9-20-4-3-15-31-20/h3-10,15,17H,11-14,16H2,1-2H3,(H,24,29)(H,25,30)/b10-9+. The van der Waals surface area contributed by atoms with Crippen LogP contribution in [0, 0.1) is 5.92 Å². The zero-order valence-corrected chi connectivity index (χ0v) is 17.8. The first-order chi connectivity index (χ1) is 14.9. The minimum absolute atomic E-state index is 0.0569. The molecule has 1 aliphatic rings. The molecular weight excluding hydrogens is 396 g/mol. The zero-order valence-electron chi connectivity index (χ0n) is 17.8. The molecule has 1 saturated heterocycles. The molecule has 0 atom stereocenters. The predicted octanol–water partition coefficient (Wildman–Crippen LogP) is 2.35. The fourth-order valence-corrected chi connectivity index (χ4v) is 3.35. The summed E-state index contributed by atoms with van der Waals surface area (Å²) < 4.78 is 5.18. The van der Waals surface area contributed by atoms with Gasteiger partial charge in [0.1, 0.15) is 5.76 Å². The van der Waals surface area contributed by atoms with Crippen molar-refractivity contribution < 1.29 is 18.8 Å². The summed E-state index contributed by atoms with van der Waals surface area (Å²) in [6.07, 6.45) is 6.27. The van der Waals surface area contributed by atoms with Crippen LogP contribution >= 0.6 is 0 Å². The molecule has 1 aromatic carbocycles. The van der Waals surface area contributed by atoms with Gasteiger partial charge in [-0.25, -0.2) is 0 Å². The average molecular weight is 425 g/mol. The SMILES string of the molecule is CN(C)c1ccc(NC(=O)C(=O)NCC2CCN(C(=O)/C=C/c3ccco3)CC2)cc1. The van der Waals surface area contributed by atoms with Crippen LogP contribution in [-0.4, -0.2) is 56.4 Å². The van der Waals surface area contributed by atoms with Gasteiger partial charge in [-0.1, -0.05) is 0 Å². The van der Waals surface area contributed by atoms with Gasteiger partial charge in [0.15, 0.2) is 0 Å². The second-order valence-electron chi connectivity index (χ2n) is 7.72. The maximum Gasteiger partial charge on any atom is 0.313 e. The first-order valence-corrected chi connectivity index (χ1v) is 10.3. The maximum absolute atomic E-state index is 12.3. The van der Waals surface area contributed by atoms with Crippen molar-refractivity contribution in [1.29, 1.82) is 0 Å². The number of nitrogens with one attached hydrogen (secondary N) is 2. The fourth-order valence-electron chi connectivity index (χ4n) is 3.35. The number of hydrogen-bond acceptors (Lipinski definition) is 5. The van der Waals surface area contributed by atoms with E-state index in [4.69, 9.17) is 4.42 Å². The van der Waals surface area contributed by atoms with Crippen molar-refractivity contribution >= 4 is 35.2 Å². The van der Waals surface area contributed by atoms with Crippen molar-refractivity contribution in [2.75, 3.05) is 43.9 Å². The molecule has 3 rings (SSSR count). The zero-order chi connectivity index (χ0) is 22.2. The van der Waals surface area contributed by atoms with E-state index in [0.29, 0.717) is 31.1 Å². The molecule has 1 aromatic heterocycles. The Bertz CT molecular complexity index is 912. The molecule has 0 bridgehead atoms. The molecule has 0 aliphatic carbocycles. The number of anilines is 2. The Balaban J connectivity index is 1.38. The normalized spacial score (nSPS) is 14.5. The Morgan fingerprint density at radius 1 is 1.10 bits per heavy atom. The molecular formula is C23H28N4O4. The number of carbonyl (C=O) groups is 3. The van der Waals surface area contributed by atoms with Gasteiger partial charge < -0.3 is 24.9 Å². The van der Waals surface area contributed by atoms with Gasteiger partial charge in [0.2, 0.25) is 5.91 Å². The van der Waals surface area contributed by atoms with Crippen molar-refractivity contribution in [2.24, 2.45) is 5.92 Å². The summed E-state index contributed by atoms with van der Waals surface area (Å²) in [5.74, 6) is -0.532. The lowest BCUT2D eigenvalue weighted by molar-refractivity contribution is -0.136. The lowest BCUT2D eigenvalue weighted by Crippen LogP contribution is -2.43. The summed E-state index contributed by atoms with van der Waals surface area (Å²) in [4.78, 5) is 40.2. The molecule has 164 valence electrons. The van der Waals surface area contributed by atoms with E-state index in [0.717, 1.165) is 18.5 Å². The molecule has 0 saturated carbocycles. The van der Waals surface area contributed by atoms with Crippen LogP contribution in [0.1, 0.15) is 18.6 Å². The molecule has 2 heterocycles. The summed E-state index contributed by atoms with van der Waals surface area (Å²) in [5, 5.41) is 5.31. The molecule has 2 aromatic rings. The number of rotatable bonds is 6. The van der Waals surface area contributed by atoms with Crippen LogP contribution in [0.15, 0.2) is 53.2 Å². The van der Waals surface area contributed by atoms with Crippen LogP contribution in [0.2, 0.25) is 0 Å². The molecule has 1 aliphatic heterocycles. The Hall–Kier alpha value is -3.55. The lowest BCUT2D eigenvalue weighted by Gasteiger charge is -2.31. The van der Waals surface area contributed by atoms with Crippen LogP contribution in [0.5, 0.6) is 0 Å². The average Bonchev–Trinajstić information content (AvgIpc) is 3.30. The van der Waals surface area contributed by atoms with Gasteiger partial charge in [0.25, 0.3) is 0 Å². The Kier molecular flexibility index (Phi) is 7.48. The van der Waals surface area contributed by atoms with Crippen molar-refractivity contribution in [1.82, 2.24) is 10.2 Å². The van der Waals surface area contributed by atoms with E-state index in [1.165, 1.54) is 6.08 Å². The maximum atomic E-state index is 12.3. The minimum atomic E-state index is -0.687. The van der Waals surface area contributed by atoms with E-state index in [9.17, 15) is 14.4 Å². The third-order valence-electron chi connectivity index (χ3n) is 5.26. The number of furan rings is 1.